The average Bonchev–Trinajstić information content (AvgIpc) is 3.00. The van der Waals surface area contributed by atoms with Gasteiger partial charge in [0, 0.05) is 50.9 Å². The summed E-state index contributed by atoms with van der Waals surface area (Å²) in [7, 11) is 1.77. The third-order valence-electron chi connectivity index (χ3n) is 4.08. The first-order valence-corrected chi connectivity index (χ1v) is 8.98. The van der Waals surface area contributed by atoms with Crippen LogP contribution in [0, 0.1) is 0 Å². The van der Waals surface area contributed by atoms with Crippen LogP contribution in [-0.4, -0.2) is 44.1 Å². The molecule has 3 N–H and O–H groups in total. The number of aliphatic imine (C=N–C) groups is 1. The molecule has 0 bridgehead atoms. The minimum absolute atomic E-state index is 0. The lowest BCUT2D eigenvalue weighted by Crippen LogP contribution is -2.44. The Morgan fingerprint density at radius 3 is 2.38 bits per heavy atom. The molecule has 1 fully saturated rings. The molecular weight excluding hydrogens is 441 g/mol. The average molecular weight is 473 g/mol. The summed E-state index contributed by atoms with van der Waals surface area (Å²) < 4.78 is 0. The van der Waals surface area contributed by atoms with Crippen molar-refractivity contribution >= 4 is 41.5 Å². The number of guanidine groups is 1. The topological polar surface area (TPSA) is 68.8 Å². The number of rotatable bonds is 6. The van der Waals surface area contributed by atoms with Gasteiger partial charge in [0.1, 0.15) is 0 Å². The normalized spacial score (nSPS) is 15.0. The van der Waals surface area contributed by atoms with Crippen LogP contribution in [0.15, 0.2) is 29.3 Å². The Bertz CT molecular complexity index is 595. The molecule has 0 saturated carbocycles. The predicted octanol–water partition coefficient (Wildman–Crippen LogP) is 2.48. The van der Waals surface area contributed by atoms with E-state index in [-0.39, 0.29) is 35.4 Å². The van der Waals surface area contributed by atoms with Crippen LogP contribution in [0.2, 0.25) is 0 Å². The molecule has 1 amide bonds. The predicted molar refractivity (Wildman–Crippen MR) is 119 cm³/mol. The summed E-state index contributed by atoms with van der Waals surface area (Å²) in [6.07, 6.45) is 1.61. The zero-order chi connectivity index (χ0) is 18.3. The van der Waals surface area contributed by atoms with Crippen LogP contribution in [0.1, 0.15) is 39.2 Å². The number of amides is 1. The van der Waals surface area contributed by atoms with Crippen LogP contribution in [0.4, 0.5) is 5.69 Å². The van der Waals surface area contributed by atoms with E-state index in [1.165, 1.54) is 0 Å². The maximum Gasteiger partial charge on any atom is 0.227 e. The van der Waals surface area contributed by atoms with Crippen molar-refractivity contribution in [3.8, 4) is 0 Å². The summed E-state index contributed by atoms with van der Waals surface area (Å²) in [5.74, 6) is 1.01. The molecule has 1 heterocycles. The van der Waals surface area contributed by atoms with Crippen LogP contribution >= 0.6 is 24.0 Å². The number of nitrogens with zero attached hydrogens (tertiary/aromatic N) is 2. The highest BCUT2D eigenvalue weighted by Gasteiger charge is 2.21. The van der Waals surface area contributed by atoms with Gasteiger partial charge in [-0.2, -0.15) is 0 Å². The number of anilines is 1. The van der Waals surface area contributed by atoms with Gasteiger partial charge >= 0.3 is 0 Å². The Morgan fingerprint density at radius 1 is 1.15 bits per heavy atom. The van der Waals surface area contributed by atoms with E-state index in [9.17, 15) is 4.79 Å². The third kappa shape index (κ3) is 7.49. The van der Waals surface area contributed by atoms with Crippen LogP contribution in [0.5, 0.6) is 0 Å². The molecule has 0 radical (unpaired) electrons. The van der Waals surface area contributed by atoms with Crippen molar-refractivity contribution in [3.63, 3.8) is 0 Å². The molecule has 146 valence electrons. The van der Waals surface area contributed by atoms with Gasteiger partial charge in [-0.15, -0.1) is 24.0 Å². The SMILES string of the molecule is CN=C(NCCNC(C)(C)C)NCc1ccc(N2CCCC2=O)cc1.I. The van der Waals surface area contributed by atoms with Gasteiger partial charge in [0.05, 0.1) is 0 Å². The molecule has 0 aromatic heterocycles. The first-order valence-electron chi connectivity index (χ1n) is 8.98. The van der Waals surface area contributed by atoms with E-state index < -0.39 is 0 Å². The Kier molecular flexibility index (Phi) is 9.35. The molecule has 6 nitrogen and oxygen atoms in total. The van der Waals surface area contributed by atoms with Crippen molar-refractivity contribution in [1.29, 1.82) is 0 Å². The number of nitrogens with one attached hydrogen (secondary N) is 3. The summed E-state index contributed by atoms with van der Waals surface area (Å²) in [5, 5.41) is 10.0. The van der Waals surface area contributed by atoms with Gasteiger partial charge in [-0.1, -0.05) is 12.1 Å². The molecule has 2 rings (SSSR count). The number of carbonyl (C=O) groups is 1. The highest BCUT2D eigenvalue weighted by Crippen LogP contribution is 2.21. The molecule has 1 aliphatic heterocycles. The Hall–Kier alpha value is -1.35. The highest BCUT2D eigenvalue weighted by molar-refractivity contribution is 14.0. The number of hydrogen-bond donors (Lipinski definition) is 3. The van der Waals surface area contributed by atoms with Crippen LogP contribution in [-0.2, 0) is 11.3 Å². The summed E-state index contributed by atoms with van der Waals surface area (Å²) in [4.78, 5) is 17.9. The second-order valence-electron chi connectivity index (χ2n) is 7.34. The van der Waals surface area contributed by atoms with Gasteiger partial charge in [-0.25, -0.2) is 0 Å². The fourth-order valence-electron chi connectivity index (χ4n) is 2.74. The van der Waals surface area contributed by atoms with Crippen molar-refractivity contribution in [3.05, 3.63) is 29.8 Å². The smallest absolute Gasteiger partial charge is 0.227 e. The summed E-state index contributed by atoms with van der Waals surface area (Å²) in [6, 6.07) is 8.15. The largest absolute Gasteiger partial charge is 0.355 e. The quantitative estimate of drug-likeness (QED) is 0.257. The first kappa shape index (κ1) is 22.7. The van der Waals surface area contributed by atoms with E-state index in [2.05, 4.69) is 53.8 Å². The maximum absolute atomic E-state index is 11.8. The number of benzene rings is 1. The van der Waals surface area contributed by atoms with Gasteiger partial charge < -0.3 is 20.9 Å². The van der Waals surface area contributed by atoms with Gasteiger partial charge in [-0.05, 0) is 44.9 Å². The Labute approximate surface area is 174 Å². The maximum atomic E-state index is 11.8. The summed E-state index contributed by atoms with van der Waals surface area (Å²) in [5.41, 5.74) is 2.27. The highest BCUT2D eigenvalue weighted by atomic mass is 127. The molecule has 0 unspecified atom stereocenters. The second kappa shape index (κ2) is 10.7. The number of carbonyl (C=O) groups excluding carboxylic acids is 1. The Balaban J connectivity index is 0.00000338. The molecule has 1 aliphatic rings. The van der Waals surface area contributed by atoms with Gasteiger partial charge in [0.15, 0.2) is 5.96 Å². The molecule has 1 saturated heterocycles. The molecule has 1 aromatic rings. The third-order valence-corrected chi connectivity index (χ3v) is 4.08. The molecule has 7 heteroatoms. The Morgan fingerprint density at radius 2 is 1.85 bits per heavy atom. The molecule has 1 aromatic carbocycles. The van der Waals surface area contributed by atoms with Gasteiger partial charge in [-0.3, -0.25) is 9.79 Å². The van der Waals surface area contributed by atoms with E-state index in [1.54, 1.807) is 7.05 Å². The van der Waals surface area contributed by atoms with Crippen LogP contribution in [0.25, 0.3) is 0 Å². The van der Waals surface area contributed by atoms with Gasteiger partial charge in [0.2, 0.25) is 5.91 Å². The fraction of sp³-hybridized carbons (Fsp3) is 0.579. The van der Waals surface area contributed by atoms with E-state index in [1.807, 2.05) is 17.0 Å². The lowest BCUT2D eigenvalue weighted by atomic mass is 10.1. The van der Waals surface area contributed by atoms with Crippen molar-refractivity contribution in [1.82, 2.24) is 16.0 Å². The molecule has 26 heavy (non-hydrogen) atoms. The van der Waals surface area contributed by atoms with Crippen molar-refractivity contribution in [2.45, 2.75) is 45.7 Å². The number of hydrogen-bond acceptors (Lipinski definition) is 3. The van der Waals surface area contributed by atoms with Gasteiger partial charge in [0.25, 0.3) is 0 Å². The van der Waals surface area contributed by atoms with Crippen LogP contribution in [0.3, 0.4) is 0 Å². The van der Waals surface area contributed by atoms with Crippen LogP contribution < -0.4 is 20.9 Å². The standard InChI is InChI=1S/C19H31N5O.HI/c1-19(2,3)23-12-11-21-18(20-4)22-14-15-7-9-16(10-8-15)24-13-5-6-17(24)25;/h7-10,23H,5-6,11-14H2,1-4H3,(H2,20,21,22);1H. The minimum atomic E-state index is 0. The van der Waals surface area contributed by atoms with Crippen molar-refractivity contribution < 1.29 is 4.79 Å². The monoisotopic (exact) mass is 473 g/mol. The van der Waals surface area contributed by atoms with E-state index in [4.69, 9.17) is 0 Å². The minimum Gasteiger partial charge on any atom is -0.355 e. The zero-order valence-electron chi connectivity index (χ0n) is 16.3. The van der Waals surface area contributed by atoms with E-state index >= 15 is 0 Å². The van der Waals surface area contributed by atoms with Crippen molar-refractivity contribution in [2.75, 3.05) is 31.6 Å². The lowest BCUT2D eigenvalue weighted by molar-refractivity contribution is -0.117. The molecule has 0 spiro atoms. The summed E-state index contributed by atoms with van der Waals surface area (Å²) in [6.45, 7) is 9.67. The summed E-state index contributed by atoms with van der Waals surface area (Å²) >= 11 is 0. The fourth-order valence-corrected chi connectivity index (χ4v) is 2.74. The van der Waals surface area contributed by atoms with E-state index in [0.29, 0.717) is 13.0 Å². The molecule has 0 aliphatic carbocycles. The molecule has 0 atom stereocenters. The van der Waals surface area contributed by atoms with E-state index in [0.717, 1.165) is 43.3 Å². The lowest BCUT2D eigenvalue weighted by Gasteiger charge is -2.21. The first-order chi connectivity index (χ1) is 11.9. The van der Waals surface area contributed by atoms with Crippen molar-refractivity contribution in [2.24, 2.45) is 4.99 Å². The molecular formula is C19H32IN5O. The zero-order valence-corrected chi connectivity index (χ0v) is 18.6. The number of halogens is 1. The second-order valence-corrected chi connectivity index (χ2v) is 7.34.